The maximum atomic E-state index is 4.70. The molecule has 0 bridgehead atoms. The molecule has 0 amide bonds. The SMILES string of the molecule is [CH]1CSSO1. The smallest absolute Gasteiger partial charge is 0.111 e. The zero-order valence-electron chi connectivity index (χ0n) is 2.51. The van der Waals surface area contributed by atoms with Gasteiger partial charge in [-0.2, -0.15) is 0 Å². The van der Waals surface area contributed by atoms with E-state index in [0.29, 0.717) is 0 Å². The summed E-state index contributed by atoms with van der Waals surface area (Å²) in [5.41, 5.74) is 0. The van der Waals surface area contributed by atoms with E-state index in [-0.39, 0.29) is 0 Å². The second-order valence-corrected chi connectivity index (χ2v) is 2.63. The highest BCUT2D eigenvalue weighted by atomic mass is 33.1. The van der Waals surface area contributed by atoms with Crippen LogP contribution >= 0.6 is 21.9 Å². The Kier molecular flexibility index (Phi) is 1.50. The standard InChI is InChI=1S/C2H3OS2/c1-2-4-5-3-1/h1H,2H2. The van der Waals surface area contributed by atoms with Gasteiger partial charge in [0.1, 0.15) is 6.61 Å². The van der Waals surface area contributed by atoms with E-state index in [1.165, 1.54) is 11.1 Å². The van der Waals surface area contributed by atoms with Gasteiger partial charge in [-0.3, -0.25) is 4.18 Å². The van der Waals surface area contributed by atoms with Gasteiger partial charge in [-0.15, -0.1) is 0 Å². The molecule has 0 spiro atoms. The summed E-state index contributed by atoms with van der Waals surface area (Å²) in [4.78, 5) is 0. The monoisotopic (exact) mass is 107 g/mol. The molecule has 1 aliphatic heterocycles. The molecule has 3 heteroatoms. The molecule has 0 aromatic rings. The van der Waals surface area contributed by atoms with Crippen LogP contribution in [0.3, 0.4) is 0 Å². The molecular weight excluding hydrogens is 104 g/mol. The minimum absolute atomic E-state index is 1.03. The highest BCUT2D eigenvalue weighted by Crippen LogP contribution is 2.30. The summed E-state index contributed by atoms with van der Waals surface area (Å²) in [7, 11) is 1.71. The normalized spacial score (nSPS) is 24.0. The van der Waals surface area contributed by atoms with Gasteiger partial charge in [0.05, 0.1) is 11.1 Å². The first-order valence-corrected chi connectivity index (χ1v) is 3.51. The molecule has 1 nitrogen and oxygen atoms in total. The van der Waals surface area contributed by atoms with Crippen LogP contribution in [0.2, 0.25) is 0 Å². The van der Waals surface area contributed by atoms with Crippen molar-refractivity contribution < 1.29 is 4.18 Å². The first kappa shape index (κ1) is 3.84. The molecule has 0 saturated carbocycles. The van der Waals surface area contributed by atoms with Crippen LogP contribution in [-0.4, -0.2) is 5.75 Å². The van der Waals surface area contributed by atoms with Crippen LogP contribution in [0, 0.1) is 6.61 Å². The van der Waals surface area contributed by atoms with Crippen molar-refractivity contribution in [3.8, 4) is 0 Å². The quantitative estimate of drug-likeness (QED) is 0.343. The lowest BCUT2D eigenvalue weighted by molar-refractivity contribution is 0.507. The predicted octanol–water partition coefficient (Wildman–Crippen LogP) is 1.47. The third-order valence-electron chi connectivity index (χ3n) is 0.292. The van der Waals surface area contributed by atoms with Gasteiger partial charge in [0.15, 0.2) is 0 Å². The molecule has 1 radical (unpaired) electrons. The van der Waals surface area contributed by atoms with Gasteiger partial charge in [0, 0.05) is 5.75 Å². The fourth-order valence-electron chi connectivity index (χ4n) is 0.139. The number of hydrogen-bond acceptors (Lipinski definition) is 3. The third kappa shape index (κ3) is 1.03. The minimum Gasteiger partial charge on any atom is -0.298 e. The number of hydrogen-bond donors (Lipinski definition) is 0. The summed E-state index contributed by atoms with van der Waals surface area (Å²) in [6.07, 6.45) is 0. The van der Waals surface area contributed by atoms with Crippen LogP contribution in [0.5, 0.6) is 0 Å². The van der Waals surface area contributed by atoms with E-state index in [4.69, 9.17) is 4.18 Å². The van der Waals surface area contributed by atoms with E-state index < -0.39 is 0 Å². The molecule has 0 aromatic carbocycles. The van der Waals surface area contributed by atoms with Crippen molar-refractivity contribution in [2.45, 2.75) is 0 Å². The Bertz CT molecular complexity index is 19.2. The minimum atomic E-state index is 1.03. The van der Waals surface area contributed by atoms with Gasteiger partial charge in [-0.25, -0.2) is 0 Å². The number of rotatable bonds is 0. The van der Waals surface area contributed by atoms with Gasteiger partial charge < -0.3 is 0 Å². The molecule has 5 heavy (non-hydrogen) atoms. The lowest BCUT2D eigenvalue weighted by Crippen LogP contribution is -1.62. The molecule has 0 aliphatic carbocycles. The fourth-order valence-corrected chi connectivity index (χ4v) is 1.25. The summed E-state index contributed by atoms with van der Waals surface area (Å²) in [5, 5.41) is 0. The van der Waals surface area contributed by atoms with Gasteiger partial charge in [-0.1, -0.05) is 10.8 Å². The molecule has 1 saturated heterocycles. The largest absolute Gasteiger partial charge is 0.298 e. The molecule has 1 aliphatic rings. The lowest BCUT2D eigenvalue weighted by Gasteiger charge is -1.71. The van der Waals surface area contributed by atoms with Crippen molar-refractivity contribution in [3.63, 3.8) is 0 Å². The van der Waals surface area contributed by atoms with E-state index in [0.717, 1.165) is 5.75 Å². The van der Waals surface area contributed by atoms with Gasteiger partial charge >= 0.3 is 0 Å². The van der Waals surface area contributed by atoms with Crippen LogP contribution in [0.15, 0.2) is 0 Å². The van der Waals surface area contributed by atoms with Crippen LogP contribution in [0.4, 0.5) is 0 Å². The van der Waals surface area contributed by atoms with Gasteiger partial charge in [0.25, 0.3) is 0 Å². The topological polar surface area (TPSA) is 9.23 Å². The molecule has 0 unspecified atom stereocenters. The highest BCUT2D eigenvalue weighted by molar-refractivity contribution is 8.75. The molecule has 1 heterocycles. The summed E-state index contributed by atoms with van der Waals surface area (Å²) in [6, 6.07) is 0. The Morgan fingerprint density at radius 2 is 2.80 bits per heavy atom. The predicted molar refractivity (Wildman–Crippen MR) is 25.4 cm³/mol. The first-order chi connectivity index (χ1) is 2.50. The van der Waals surface area contributed by atoms with E-state index in [1.54, 1.807) is 17.4 Å². The Labute approximate surface area is 39.1 Å². The molecule has 0 N–H and O–H groups in total. The highest BCUT2D eigenvalue weighted by Gasteiger charge is 1.98. The molecule has 1 rings (SSSR count). The van der Waals surface area contributed by atoms with Crippen LogP contribution in [-0.2, 0) is 4.18 Å². The summed E-state index contributed by atoms with van der Waals surface area (Å²) >= 11 is 1.44. The molecule has 0 atom stereocenters. The summed E-state index contributed by atoms with van der Waals surface area (Å²) in [6.45, 7) is 1.79. The van der Waals surface area contributed by atoms with E-state index >= 15 is 0 Å². The average molecular weight is 107 g/mol. The van der Waals surface area contributed by atoms with Crippen molar-refractivity contribution in [1.29, 1.82) is 0 Å². The van der Waals surface area contributed by atoms with Crippen molar-refractivity contribution in [3.05, 3.63) is 6.61 Å². The van der Waals surface area contributed by atoms with Crippen molar-refractivity contribution in [2.75, 3.05) is 5.75 Å². The molecule has 1 fully saturated rings. The second-order valence-electron chi connectivity index (χ2n) is 0.615. The average Bonchev–Trinajstić information content (AvgIpc) is 1.76. The van der Waals surface area contributed by atoms with Crippen molar-refractivity contribution in [2.24, 2.45) is 0 Å². The zero-order chi connectivity index (χ0) is 3.54. The lowest BCUT2D eigenvalue weighted by atomic mass is 10.9. The maximum absolute atomic E-state index is 4.70. The zero-order valence-corrected chi connectivity index (χ0v) is 4.14. The third-order valence-corrected chi connectivity index (χ3v) is 1.81. The Morgan fingerprint density at radius 3 is 3.00 bits per heavy atom. The van der Waals surface area contributed by atoms with E-state index in [9.17, 15) is 0 Å². The second kappa shape index (κ2) is 1.95. The molecule has 29 valence electrons. The van der Waals surface area contributed by atoms with Crippen LogP contribution in [0.25, 0.3) is 0 Å². The Morgan fingerprint density at radius 1 is 1.80 bits per heavy atom. The van der Waals surface area contributed by atoms with Gasteiger partial charge in [0.2, 0.25) is 0 Å². The van der Waals surface area contributed by atoms with Gasteiger partial charge in [-0.05, 0) is 0 Å². The first-order valence-electron chi connectivity index (χ1n) is 1.27. The van der Waals surface area contributed by atoms with Crippen LogP contribution in [0.1, 0.15) is 0 Å². The Balaban J connectivity index is 2.08. The maximum Gasteiger partial charge on any atom is 0.111 e. The van der Waals surface area contributed by atoms with Crippen molar-refractivity contribution >= 4 is 21.9 Å². The molecular formula is C2H3OS2. The van der Waals surface area contributed by atoms with Crippen LogP contribution < -0.4 is 0 Å². The summed E-state index contributed by atoms with van der Waals surface area (Å²) < 4.78 is 4.70. The Hall–Kier alpha value is 0.660. The van der Waals surface area contributed by atoms with E-state index in [1.807, 2.05) is 0 Å². The van der Waals surface area contributed by atoms with Crippen molar-refractivity contribution in [1.82, 2.24) is 0 Å². The van der Waals surface area contributed by atoms with E-state index in [2.05, 4.69) is 0 Å². The molecule has 0 aromatic heterocycles. The summed E-state index contributed by atoms with van der Waals surface area (Å²) in [5.74, 6) is 1.03. The fraction of sp³-hybridized carbons (Fsp3) is 0.500.